The molecule has 21 heavy (non-hydrogen) atoms. The van der Waals surface area contributed by atoms with Crippen LogP contribution in [0.3, 0.4) is 0 Å². The molecule has 0 radical (unpaired) electrons. The van der Waals surface area contributed by atoms with Gasteiger partial charge >= 0.3 is 0 Å². The fourth-order valence-electron chi connectivity index (χ4n) is 2.13. The lowest BCUT2D eigenvalue weighted by atomic mass is 10.1. The maximum absolute atomic E-state index is 5.26. The van der Waals surface area contributed by atoms with Crippen molar-refractivity contribution < 1.29 is 4.74 Å². The van der Waals surface area contributed by atoms with Crippen molar-refractivity contribution in [1.29, 1.82) is 0 Å². The molecule has 0 bridgehead atoms. The lowest BCUT2D eigenvalue weighted by Gasteiger charge is -2.21. The van der Waals surface area contributed by atoms with Crippen LogP contribution in [0.2, 0.25) is 0 Å². The van der Waals surface area contributed by atoms with Gasteiger partial charge in [-0.05, 0) is 44.9 Å². The lowest BCUT2D eigenvalue weighted by Crippen LogP contribution is -2.35. The van der Waals surface area contributed by atoms with E-state index in [0.717, 1.165) is 25.3 Å². The molecule has 0 atom stereocenters. The van der Waals surface area contributed by atoms with Gasteiger partial charge < -0.3 is 14.6 Å². The number of aromatic nitrogens is 2. The largest absolute Gasteiger partial charge is 0.497 e. The molecule has 0 unspecified atom stereocenters. The van der Waals surface area contributed by atoms with Crippen LogP contribution in [0.25, 0.3) is 0 Å². The lowest BCUT2D eigenvalue weighted by molar-refractivity contribution is 0.413. The minimum absolute atomic E-state index is 0.113. The molecule has 0 saturated carbocycles. The molecule has 1 heterocycles. The number of rotatable bonds is 6. The van der Waals surface area contributed by atoms with Gasteiger partial charge in [-0.1, -0.05) is 12.1 Å². The van der Waals surface area contributed by atoms with Gasteiger partial charge in [-0.2, -0.15) is 0 Å². The molecule has 0 saturated heterocycles. The molecule has 4 nitrogen and oxygen atoms in total. The number of ether oxygens (including phenoxy) is 1. The van der Waals surface area contributed by atoms with Crippen molar-refractivity contribution in [3.05, 3.63) is 48.0 Å². The molecule has 0 aliphatic rings. The number of methoxy groups -OCH3 is 1. The third-order valence-corrected chi connectivity index (χ3v) is 3.37. The van der Waals surface area contributed by atoms with Crippen molar-refractivity contribution in [2.24, 2.45) is 0 Å². The van der Waals surface area contributed by atoms with E-state index in [0.29, 0.717) is 0 Å². The Morgan fingerprint density at radius 3 is 2.81 bits per heavy atom. The Morgan fingerprint density at radius 2 is 2.10 bits per heavy atom. The number of nitrogens with zero attached hydrogens (tertiary/aromatic N) is 2. The number of imidazole rings is 1. The maximum Gasteiger partial charge on any atom is 0.119 e. The molecular weight excluding hydrogens is 262 g/mol. The number of hydrogen-bond donors (Lipinski definition) is 1. The highest BCUT2D eigenvalue weighted by Gasteiger charge is 2.10. The highest BCUT2D eigenvalue weighted by Crippen LogP contribution is 2.14. The Labute approximate surface area is 127 Å². The van der Waals surface area contributed by atoms with Gasteiger partial charge in [0.25, 0.3) is 0 Å². The molecule has 0 fully saturated rings. The summed E-state index contributed by atoms with van der Waals surface area (Å²) in [4.78, 5) is 4.27. The Bertz CT molecular complexity index is 569. The third-order valence-electron chi connectivity index (χ3n) is 3.37. The van der Waals surface area contributed by atoms with Crippen LogP contribution in [0.15, 0.2) is 36.8 Å². The minimum atomic E-state index is 0.113. The summed E-state index contributed by atoms with van der Waals surface area (Å²) in [5, 5.41) is 3.50. The zero-order valence-corrected chi connectivity index (χ0v) is 13.4. The topological polar surface area (TPSA) is 39.1 Å². The molecule has 0 aliphatic heterocycles. The van der Waals surface area contributed by atoms with Gasteiger partial charge in [0.1, 0.15) is 5.75 Å². The van der Waals surface area contributed by atoms with E-state index in [4.69, 9.17) is 4.74 Å². The second kappa shape index (κ2) is 6.76. The van der Waals surface area contributed by atoms with Gasteiger partial charge in [0.15, 0.2) is 0 Å². The number of nitrogens with one attached hydrogen (secondary N) is 1. The van der Waals surface area contributed by atoms with E-state index in [-0.39, 0.29) is 5.54 Å². The molecule has 1 N–H and O–H groups in total. The highest BCUT2D eigenvalue weighted by atomic mass is 16.5. The first-order valence-corrected chi connectivity index (χ1v) is 7.35. The number of benzene rings is 1. The van der Waals surface area contributed by atoms with Crippen molar-refractivity contribution in [2.75, 3.05) is 7.11 Å². The van der Waals surface area contributed by atoms with Crippen molar-refractivity contribution in [3.8, 4) is 5.75 Å². The van der Waals surface area contributed by atoms with Gasteiger partial charge in [-0.3, -0.25) is 0 Å². The SMILES string of the molecule is COc1cccc(CCn2cncc2CNC(C)(C)C)c1. The molecule has 1 aromatic carbocycles. The molecule has 2 aromatic rings. The molecular formula is C17H25N3O. The Balaban J connectivity index is 1.95. The van der Waals surface area contributed by atoms with E-state index >= 15 is 0 Å². The first-order chi connectivity index (χ1) is 9.98. The average Bonchev–Trinajstić information content (AvgIpc) is 2.90. The fourth-order valence-corrected chi connectivity index (χ4v) is 2.13. The van der Waals surface area contributed by atoms with E-state index in [1.165, 1.54) is 11.3 Å². The van der Waals surface area contributed by atoms with Crippen molar-refractivity contribution >= 4 is 0 Å². The summed E-state index contributed by atoms with van der Waals surface area (Å²) in [7, 11) is 1.70. The Kier molecular flexibility index (Phi) is 5.02. The van der Waals surface area contributed by atoms with Gasteiger partial charge in [0, 0.05) is 24.8 Å². The van der Waals surface area contributed by atoms with E-state index in [1.807, 2.05) is 24.7 Å². The van der Waals surface area contributed by atoms with Crippen LogP contribution in [-0.4, -0.2) is 22.2 Å². The first kappa shape index (κ1) is 15.6. The number of aryl methyl sites for hydroxylation is 2. The minimum Gasteiger partial charge on any atom is -0.497 e. The second-order valence-corrected chi connectivity index (χ2v) is 6.28. The standard InChI is InChI=1S/C17H25N3O/c1-17(2,3)19-12-15-11-18-13-20(15)9-8-14-6-5-7-16(10-14)21-4/h5-7,10-11,13,19H,8-9,12H2,1-4H3. The van der Waals surface area contributed by atoms with E-state index in [9.17, 15) is 0 Å². The molecule has 4 heteroatoms. The Hall–Kier alpha value is -1.81. The van der Waals surface area contributed by atoms with Crippen LogP contribution in [0.1, 0.15) is 32.0 Å². The van der Waals surface area contributed by atoms with Crippen LogP contribution < -0.4 is 10.1 Å². The summed E-state index contributed by atoms with van der Waals surface area (Å²) in [6.07, 6.45) is 4.81. The summed E-state index contributed by atoms with van der Waals surface area (Å²) in [5.74, 6) is 0.910. The van der Waals surface area contributed by atoms with E-state index in [1.54, 1.807) is 7.11 Å². The van der Waals surface area contributed by atoms with Crippen molar-refractivity contribution in [2.45, 2.75) is 45.8 Å². The molecule has 114 valence electrons. The van der Waals surface area contributed by atoms with Crippen molar-refractivity contribution in [3.63, 3.8) is 0 Å². The van der Waals surface area contributed by atoms with Crippen LogP contribution in [0.4, 0.5) is 0 Å². The monoisotopic (exact) mass is 287 g/mol. The van der Waals surface area contributed by atoms with Crippen LogP contribution in [0.5, 0.6) is 5.75 Å². The summed E-state index contributed by atoms with van der Waals surface area (Å²) in [6, 6.07) is 8.22. The predicted octanol–water partition coefficient (Wildman–Crippen LogP) is 3.02. The smallest absolute Gasteiger partial charge is 0.119 e. The normalized spacial score (nSPS) is 11.6. The summed E-state index contributed by atoms with van der Waals surface area (Å²) < 4.78 is 7.47. The van der Waals surface area contributed by atoms with E-state index < -0.39 is 0 Å². The number of hydrogen-bond acceptors (Lipinski definition) is 3. The maximum atomic E-state index is 5.26. The summed E-state index contributed by atoms with van der Waals surface area (Å²) in [5.41, 5.74) is 2.60. The van der Waals surface area contributed by atoms with Gasteiger partial charge in [-0.25, -0.2) is 4.98 Å². The molecule has 0 aliphatic carbocycles. The van der Waals surface area contributed by atoms with Gasteiger partial charge in [0.05, 0.1) is 19.1 Å². The molecule has 1 aromatic heterocycles. The molecule has 2 rings (SSSR count). The first-order valence-electron chi connectivity index (χ1n) is 7.35. The zero-order chi connectivity index (χ0) is 15.3. The molecule has 0 spiro atoms. The van der Waals surface area contributed by atoms with Gasteiger partial charge in [0.2, 0.25) is 0 Å². The Morgan fingerprint density at radius 1 is 1.29 bits per heavy atom. The van der Waals surface area contributed by atoms with Crippen LogP contribution >= 0.6 is 0 Å². The summed E-state index contributed by atoms with van der Waals surface area (Å²) in [6.45, 7) is 8.27. The highest BCUT2D eigenvalue weighted by molar-refractivity contribution is 5.28. The van der Waals surface area contributed by atoms with Crippen molar-refractivity contribution in [1.82, 2.24) is 14.9 Å². The summed E-state index contributed by atoms with van der Waals surface area (Å²) >= 11 is 0. The third kappa shape index (κ3) is 4.90. The predicted molar refractivity (Wildman–Crippen MR) is 85.5 cm³/mol. The van der Waals surface area contributed by atoms with E-state index in [2.05, 4.69) is 47.8 Å². The second-order valence-electron chi connectivity index (χ2n) is 6.28. The van der Waals surface area contributed by atoms with Gasteiger partial charge in [-0.15, -0.1) is 0 Å². The molecule has 0 amide bonds. The fraction of sp³-hybridized carbons (Fsp3) is 0.471. The van der Waals surface area contributed by atoms with Crippen LogP contribution in [-0.2, 0) is 19.5 Å². The zero-order valence-electron chi connectivity index (χ0n) is 13.4. The van der Waals surface area contributed by atoms with Crippen LogP contribution in [0, 0.1) is 0 Å². The quantitative estimate of drug-likeness (QED) is 0.887. The average molecular weight is 287 g/mol.